The highest BCUT2D eigenvalue weighted by atomic mass is 79.9. The molecule has 1 aromatic carbocycles. The maximum atomic E-state index is 13.3. The van der Waals surface area contributed by atoms with Crippen LogP contribution >= 0.6 is 15.9 Å². The number of unbranched alkanes of at least 4 members (excludes halogenated alkanes) is 2. The zero-order valence-electron chi connectivity index (χ0n) is 20.0. The van der Waals surface area contributed by atoms with Gasteiger partial charge in [-0.05, 0) is 42.7 Å². The van der Waals surface area contributed by atoms with E-state index in [1.807, 2.05) is 36.9 Å². The van der Waals surface area contributed by atoms with Gasteiger partial charge in [0.25, 0.3) is 0 Å². The lowest BCUT2D eigenvalue weighted by Crippen LogP contribution is -2.44. The summed E-state index contributed by atoms with van der Waals surface area (Å²) in [6, 6.07) is 12.4. The van der Waals surface area contributed by atoms with E-state index in [0.29, 0.717) is 19.6 Å². The summed E-state index contributed by atoms with van der Waals surface area (Å²) in [5, 5.41) is 0. The van der Waals surface area contributed by atoms with Crippen LogP contribution in [0.3, 0.4) is 0 Å². The number of halogens is 1. The molecule has 0 unspecified atom stereocenters. The molecule has 0 aliphatic carbocycles. The van der Waals surface area contributed by atoms with E-state index < -0.39 is 0 Å². The lowest BCUT2D eigenvalue weighted by molar-refractivity contribution is -0.142. The Morgan fingerprint density at radius 2 is 1.59 bits per heavy atom. The SMILES string of the molecule is CCCCN(Cc1cccn1Cc1ccc(Br)cc1)C(=O)CN(CCCC)C(=O)C(C)C. The topological polar surface area (TPSA) is 45.6 Å². The van der Waals surface area contributed by atoms with Gasteiger partial charge in [0.1, 0.15) is 0 Å². The lowest BCUT2D eigenvalue weighted by atomic mass is 10.1. The molecule has 0 spiro atoms. The van der Waals surface area contributed by atoms with E-state index >= 15 is 0 Å². The van der Waals surface area contributed by atoms with Gasteiger partial charge >= 0.3 is 0 Å². The Balaban J connectivity index is 2.13. The smallest absolute Gasteiger partial charge is 0.242 e. The number of rotatable bonds is 13. The maximum Gasteiger partial charge on any atom is 0.242 e. The zero-order chi connectivity index (χ0) is 23.5. The average Bonchev–Trinajstić information content (AvgIpc) is 3.21. The highest BCUT2D eigenvalue weighted by Crippen LogP contribution is 2.15. The summed E-state index contributed by atoms with van der Waals surface area (Å²) in [4.78, 5) is 29.6. The van der Waals surface area contributed by atoms with Crippen molar-refractivity contribution in [1.29, 1.82) is 0 Å². The van der Waals surface area contributed by atoms with Crippen molar-refractivity contribution >= 4 is 27.7 Å². The van der Waals surface area contributed by atoms with E-state index in [0.717, 1.165) is 42.4 Å². The molecule has 176 valence electrons. The van der Waals surface area contributed by atoms with Gasteiger partial charge in [-0.2, -0.15) is 0 Å². The van der Waals surface area contributed by atoms with Crippen LogP contribution in [0.1, 0.15) is 64.6 Å². The van der Waals surface area contributed by atoms with Crippen LogP contribution in [0.5, 0.6) is 0 Å². The van der Waals surface area contributed by atoms with Crippen molar-refractivity contribution in [2.24, 2.45) is 5.92 Å². The zero-order valence-corrected chi connectivity index (χ0v) is 21.6. The third-order valence-electron chi connectivity index (χ3n) is 5.59. The Bertz CT molecular complexity index is 845. The molecule has 32 heavy (non-hydrogen) atoms. The minimum absolute atomic E-state index is 0.0277. The summed E-state index contributed by atoms with van der Waals surface area (Å²) in [6.45, 7) is 10.9. The number of carbonyl (C=O) groups excluding carboxylic acids is 2. The van der Waals surface area contributed by atoms with Gasteiger partial charge in [0, 0.05) is 41.9 Å². The normalized spacial score (nSPS) is 11.1. The molecule has 1 heterocycles. The van der Waals surface area contributed by atoms with Crippen molar-refractivity contribution in [1.82, 2.24) is 14.4 Å². The van der Waals surface area contributed by atoms with Gasteiger partial charge in [-0.15, -0.1) is 0 Å². The average molecular weight is 505 g/mol. The minimum Gasteiger partial charge on any atom is -0.345 e. The number of hydrogen-bond donors (Lipinski definition) is 0. The second-order valence-electron chi connectivity index (χ2n) is 8.69. The predicted octanol–water partition coefficient (Wildman–Crippen LogP) is 5.71. The van der Waals surface area contributed by atoms with Gasteiger partial charge in [0.05, 0.1) is 13.1 Å². The van der Waals surface area contributed by atoms with Crippen molar-refractivity contribution in [3.8, 4) is 0 Å². The number of benzene rings is 1. The van der Waals surface area contributed by atoms with Crippen LogP contribution in [0.25, 0.3) is 0 Å². The molecule has 0 aliphatic rings. The van der Waals surface area contributed by atoms with E-state index in [1.165, 1.54) is 5.56 Å². The van der Waals surface area contributed by atoms with E-state index in [2.05, 4.69) is 58.7 Å². The monoisotopic (exact) mass is 503 g/mol. The molecule has 0 aliphatic heterocycles. The molecule has 0 saturated carbocycles. The molecule has 0 radical (unpaired) electrons. The second kappa shape index (κ2) is 13.5. The first-order chi connectivity index (χ1) is 15.3. The fourth-order valence-electron chi connectivity index (χ4n) is 3.61. The number of nitrogens with zero attached hydrogens (tertiary/aromatic N) is 3. The van der Waals surface area contributed by atoms with Gasteiger partial charge in [0.15, 0.2) is 0 Å². The molecule has 2 amide bonds. The minimum atomic E-state index is -0.105. The summed E-state index contributed by atoms with van der Waals surface area (Å²) >= 11 is 3.49. The Morgan fingerprint density at radius 3 is 2.19 bits per heavy atom. The third kappa shape index (κ3) is 8.12. The summed E-state index contributed by atoms with van der Waals surface area (Å²) < 4.78 is 3.26. The number of aromatic nitrogens is 1. The molecule has 0 atom stereocenters. The molecule has 0 saturated heterocycles. The fraction of sp³-hybridized carbons (Fsp3) is 0.538. The van der Waals surface area contributed by atoms with Crippen LogP contribution in [0.15, 0.2) is 47.1 Å². The molecule has 2 aromatic rings. The van der Waals surface area contributed by atoms with E-state index in [-0.39, 0.29) is 24.3 Å². The third-order valence-corrected chi connectivity index (χ3v) is 6.12. The number of carbonyl (C=O) groups is 2. The summed E-state index contributed by atoms with van der Waals surface area (Å²) in [6.07, 6.45) is 5.95. The Morgan fingerprint density at radius 1 is 0.969 bits per heavy atom. The van der Waals surface area contributed by atoms with E-state index in [4.69, 9.17) is 0 Å². The molecule has 0 fully saturated rings. The molecule has 0 N–H and O–H groups in total. The molecule has 6 heteroatoms. The quantitative estimate of drug-likeness (QED) is 0.351. The number of hydrogen-bond acceptors (Lipinski definition) is 2. The van der Waals surface area contributed by atoms with Gasteiger partial charge in [-0.1, -0.05) is 68.6 Å². The van der Waals surface area contributed by atoms with Gasteiger partial charge in [-0.3, -0.25) is 9.59 Å². The van der Waals surface area contributed by atoms with Crippen LogP contribution in [0.2, 0.25) is 0 Å². The van der Waals surface area contributed by atoms with Crippen LogP contribution in [-0.4, -0.2) is 45.8 Å². The molecular formula is C26H38BrN3O2. The largest absolute Gasteiger partial charge is 0.345 e. The van der Waals surface area contributed by atoms with Crippen molar-refractivity contribution in [3.05, 3.63) is 58.3 Å². The first-order valence-corrected chi connectivity index (χ1v) is 12.6. The molecule has 5 nitrogen and oxygen atoms in total. The summed E-state index contributed by atoms with van der Waals surface area (Å²) in [5.74, 6) is -0.0207. The van der Waals surface area contributed by atoms with Crippen LogP contribution in [0.4, 0.5) is 0 Å². The number of amides is 2. The van der Waals surface area contributed by atoms with Crippen LogP contribution in [0, 0.1) is 5.92 Å². The van der Waals surface area contributed by atoms with Crippen molar-refractivity contribution in [2.45, 2.75) is 66.5 Å². The van der Waals surface area contributed by atoms with Crippen molar-refractivity contribution < 1.29 is 9.59 Å². The first kappa shape index (κ1) is 26.2. The van der Waals surface area contributed by atoms with Crippen molar-refractivity contribution in [2.75, 3.05) is 19.6 Å². The fourth-order valence-corrected chi connectivity index (χ4v) is 3.88. The lowest BCUT2D eigenvalue weighted by Gasteiger charge is -2.29. The van der Waals surface area contributed by atoms with Gasteiger partial charge in [-0.25, -0.2) is 0 Å². The van der Waals surface area contributed by atoms with E-state index in [1.54, 1.807) is 4.90 Å². The van der Waals surface area contributed by atoms with Crippen LogP contribution in [-0.2, 0) is 22.7 Å². The Labute approximate surface area is 201 Å². The standard InChI is InChI=1S/C26H38BrN3O2/c1-5-7-15-29(25(31)20-30(16-8-6-2)26(32)21(3)4)19-24-10-9-17-28(24)18-22-11-13-23(27)14-12-22/h9-14,17,21H,5-8,15-16,18-20H2,1-4H3. The Kier molecular flexibility index (Phi) is 11.0. The highest BCUT2D eigenvalue weighted by Gasteiger charge is 2.23. The maximum absolute atomic E-state index is 13.3. The molecule has 1 aromatic heterocycles. The molecular weight excluding hydrogens is 466 g/mol. The molecule has 0 bridgehead atoms. The van der Waals surface area contributed by atoms with Gasteiger partial charge in [0.2, 0.25) is 11.8 Å². The summed E-state index contributed by atoms with van der Waals surface area (Å²) in [7, 11) is 0. The van der Waals surface area contributed by atoms with Crippen molar-refractivity contribution in [3.63, 3.8) is 0 Å². The predicted molar refractivity (Wildman–Crippen MR) is 134 cm³/mol. The van der Waals surface area contributed by atoms with Crippen LogP contribution < -0.4 is 0 Å². The summed E-state index contributed by atoms with van der Waals surface area (Å²) in [5.41, 5.74) is 2.32. The Hall–Kier alpha value is -2.08. The first-order valence-electron chi connectivity index (χ1n) is 11.8. The second-order valence-corrected chi connectivity index (χ2v) is 9.61. The molecule has 2 rings (SSSR count). The van der Waals surface area contributed by atoms with Gasteiger partial charge < -0.3 is 14.4 Å². The highest BCUT2D eigenvalue weighted by molar-refractivity contribution is 9.10. The van der Waals surface area contributed by atoms with E-state index in [9.17, 15) is 9.59 Å².